The van der Waals surface area contributed by atoms with Crippen LogP contribution >= 0.6 is 28.6 Å². The molecule has 0 atom stereocenters. The van der Waals surface area contributed by atoms with Crippen LogP contribution in [0.4, 0.5) is 4.39 Å². The van der Waals surface area contributed by atoms with Gasteiger partial charge in [-0.3, -0.25) is 4.79 Å². The molecule has 6 heteroatoms. The van der Waals surface area contributed by atoms with Gasteiger partial charge in [-0.2, -0.15) is 0 Å². The maximum atomic E-state index is 12.9. The molecule has 0 bridgehead atoms. The number of rotatable bonds is 4. The fourth-order valence-electron chi connectivity index (χ4n) is 2.19. The van der Waals surface area contributed by atoms with Crippen LogP contribution in [0.2, 0.25) is 5.02 Å². The van der Waals surface area contributed by atoms with Gasteiger partial charge >= 0.3 is 0 Å². The molecule has 3 rings (SSSR count). The monoisotopic (exact) mass is 407 g/mol. The van der Waals surface area contributed by atoms with E-state index in [0.29, 0.717) is 10.6 Å². The first-order chi connectivity index (χ1) is 11.1. The topological polar surface area (TPSA) is 33.8 Å². The standard InChI is InChI=1S/C18H13ClFN2O.BrH/c19-15-3-1-2-14(10-15)17-8-9-22(12-21-17)11-18(23)13-4-6-16(20)7-5-13;/h1-10,12H,11H2;1H/q+1;. The van der Waals surface area contributed by atoms with Crippen molar-refractivity contribution in [1.29, 1.82) is 0 Å². The normalized spacial score (nSPS) is 10.1. The summed E-state index contributed by atoms with van der Waals surface area (Å²) in [4.78, 5) is 16.5. The Morgan fingerprint density at radius 3 is 2.50 bits per heavy atom. The molecule has 2 aromatic carbocycles. The van der Waals surface area contributed by atoms with Crippen LogP contribution in [0.25, 0.3) is 11.3 Å². The average molecular weight is 409 g/mol. The second-order valence-electron chi connectivity index (χ2n) is 5.06. The number of hydrogen-bond donors (Lipinski definition) is 0. The zero-order chi connectivity index (χ0) is 16.2. The van der Waals surface area contributed by atoms with Gasteiger partial charge in [0, 0.05) is 22.2 Å². The van der Waals surface area contributed by atoms with Gasteiger partial charge in [0.2, 0.25) is 5.78 Å². The number of carbonyl (C=O) groups excluding carboxylic acids is 1. The SMILES string of the molecule is Br.O=C(C[n+]1ccc(-c2cccc(Cl)c2)nc1)c1ccc(F)cc1. The Bertz CT molecular complexity index is 838. The zero-order valence-corrected chi connectivity index (χ0v) is 15.0. The molecular formula is C18H14BrClFN2O+. The molecule has 0 aliphatic rings. The first-order valence-electron chi connectivity index (χ1n) is 7.01. The van der Waals surface area contributed by atoms with Crippen molar-refractivity contribution in [3.8, 4) is 11.3 Å². The minimum Gasteiger partial charge on any atom is -0.290 e. The van der Waals surface area contributed by atoms with Crippen molar-refractivity contribution in [1.82, 2.24) is 4.98 Å². The van der Waals surface area contributed by atoms with Crippen LogP contribution in [0.3, 0.4) is 0 Å². The van der Waals surface area contributed by atoms with E-state index in [1.807, 2.05) is 24.3 Å². The third kappa shape index (κ3) is 4.46. The summed E-state index contributed by atoms with van der Waals surface area (Å²) < 4.78 is 14.6. The van der Waals surface area contributed by atoms with E-state index in [2.05, 4.69) is 4.98 Å². The summed E-state index contributed by atoms with van der Waals surface area (Å²) in [6, 6.07) is 14.7. The number of aromatic nitrogens is 2. The number of ketones is 1. The molecule has 3 aromatic rings. The van der Waals surface area contributed by atoms with Crippen molar-refractivity contribution >= 4 is 34.4 Å². The third-order valence-electron chi connectivity index (χ3n) is 3.38. The predicted octanol–water partition coefficient (Wildman–Crippen LogP) is 4.29. The highest BCUT2D eigenvalue weighted by atomic mass is 79.9. The molecule has 0 amide bonds. The fraction of sp³-hybridized carbons (Fsp3) is 0.0556. The lowest BCUT2D eigenvalue weighted by atomic mass is 10.1. The first-order valence-corrected chi connectivity index (χ1v) is 7.39. The molecule has 0 saturated heterocycles. The summed E-state index contributed by atoms with van der Waals surface area (Å²) in [5.41, 5.74) is 2.16. The van der Waals surface area contributed by atoms with E-state index in [-0.39, 0.29) is 35.1 Å². The highest BCUT2D eigenvalue weighted by Gasteiger charge is 2.12. The molecular weight excluding hydrogens is 395 g/mol. The molecule has 3 nitrogen and oxygen atoms in total. The van der Waals surface area contributed by atoms with Gasteiger partial charge in [0.1, 0.15) is 5.82 Å². The smallest absolute Gasteiger partial charge is 0.287 e. The summed E-state index contributed by atoms with van der Waals surface area (Å²) >= 11 is 5.97. The molecule has 0 saturated carbocycles. The van der Waals surface area contributed by atoms with Gasteiger partial charge in [-0.15, -0.1) is 17.0 Å². The molecule has 0 aliphatic carbocycles. The van der Waals surface area contributed by atoms with E-state index < -0.39 is 0 Å². The third-order valence-corrected chi connectivity index (χ3v) is 3.62. The quantitative estimate of drug-likeness (QED) is 0.477. The maximum absolute atomic E-state index is 12.9. The second-order valence-corrected chi connectivity index (χ2v) is 5.49. The van der Waals surface area contributed by atoms with Gasteiger partial charge < -0.3 is 0 Å². The second kappa shape index (κ2) is 8.13. The summed E-state index contributed by atoms with van der Waals surface area (Å²) in [7, 11) is 0. The van der Waals surface area contributed by atoms with Crippen molar-refractivity contribution in [3.63, 3.8) is 0 Å². The van der Waals surface area contributed by atoms with Crippen LogP contribution in [0.1, 0.15) is 10.4 Å². The Morgan fingerprint density at radius 2 is 1.88 bits per heavy atom. The van der Waals surface area contributed by atoms with Crippen LogP contribution in [0.15, 0.2) is 67.1 Å². The van der Waals surface area contributed by atoms with Gasteiger partial charge in [0.15, 0.2) is 12.2 Å². The maximum Gasteiger partial charge on any atom is 0.287 e. The number of Topliss-reactive ketones (excluding diaryl/α,β-unsaturated/α-hetero) is 1. The molecule has 0 aliphatic heterocycles. The lowest BCUT2D eigenvalue weighted by Crippen LogP contribution is -2.37. The molecule has 0 N–H and O–H groups in total. The van der Waals surface area contributed by atoms with E-state index in [9.17, 15) is 9.18 Å². The minimum atomic E-state index is -0.359. The number of hydrogen-bond acceptors (Lipinski definition) is 2. The van der Waals surface area contributed by atoms with Crippen LogP contribution < -0.4 is 4.57 Å². The van der Waals surface area contributed by atoms with Crippen LogP contribution in [-0.4, -0.2) is 10.8 Å². The van der Waals surface area contributed by atoms with Gasteiger partial charge in [-0.25, -0.2) is 8.96 Å². The highest BCUT2D eigenvalue weighted by Crippen LogP contribution is 2.19. The van der Waals surface area contributed by atoms with E-state index in [4.69, 9.17) is 11.6 Å². The van der Waals surface area contributed by atoms with E-state index in [1.165, 1.54) is 24.3 Å². The molecule has 0 fully saturated rings. The first kappa shape index (κ1) is 18.2. The molecule has 1 heterocycles. The Labute approximate surface area is 154 Å². The lowest BCUT2D eigenvalue weighted by Gasteiger charge is -2.01. The van der Waals surface area contributed by atoms with Crippen molar-refractivity contribution in [2.24, 2.45) is 0 Å². The van der Waals surface area contributed by atoms with Crippen molar-refractivity contribution in [2.75, 3.05) is 0 Å². The van der Waals surface area contributed by atoms with Gasteiger partial charge in [-0.1, -0.05) is 23.7 Å². The van der Waals surface area contributed by atoms with Crippen molar-refractivity contribution < 1.29 is 13.8 Å². The lowest BCUT2D eigenvalue weighted by molar-refractivity contribution is -0.686. The fourth-order valence-corrected chi connectivity index (χ4v) is 2.38. The molecule has 0 unspecified atom stereocenters. The summed E-state index contributed by atoms with van der Waals surface area (Å²) in [6.07, 6.45) is 3.38. The highest BCUT2D eigenvalue weighted by molar-refractivity contribution is 8.93. The molecule has 122 valence electrons. The molecule has 0 radical (unpaired) electrons. The number of halogens is 3. The largest absolute Gasteiger partial charge is 0.290 e. The van der Waals surface area contributed by atoms with E-state index in [0.717, 1.165) is 11.3 Å². The van der Waals surface area contributed by atoms with E-state index >= 15 is 0 Å². The van der Waals surface area contributed by atoms with E-state index in [1.54, 1.807) is 23.2 Å². The Balaban J connectivity index is 0.00000208. The van der Waals surface area contributed by atoms with Crippen LogP contribution in [0, 0.1) is 5.82 Å². The van der Waals surface area contributed by atoms with Crippen molar-refractivity contribution in [2.45, 2.75) is 6.54 Å². The number of nitrogens with zero attached hydrogens (tertiary/aromatic N) is 2. The minimum absolute atomic E-state index is 0. The average Bonchev–Trinajstić information content (AvgIpc) is 2.56. The zero-order valence-electron chi connectivity index (χ0n) is 12.5. The Hall–Kier alpha value is -2.11. The van der Waals surface area contributed by atoms with Gasteiger partial charge in [0.05, 0.1) is 6.20 Å². The molecule has 24 heavy (non-hydrogen) atoms. The molecule has 1 aromatic heterocycles. The van der Waals surface area contributed by atoms with Crippen LogP contribution in [0.5, 0.6) is 0 Å². The van der Waals surface area contributed by atoms with Gasteiger partial charge in [-0.05, 0) is 41.4 Å². The predicted molar refractivity (Wildman–Crippen MR) is 95.9 cm³/mol. The summed E-state index contributed by atoms with van der Waals surface area (Å²) in [6.45, 7) is 0.147. The Kier molecular flexibility index (Phi) is 6.17. The number of benzene rings is 2. The van der Waals surface area contributed by atoms with Crippen LogP contribution in [-0.2, 0) is 6.54 Å². The Morgan fingerprint density at radius 1 is 1.12 bits per heavy atom. The number of carbonyl (C=O) groups is 1. The van der Waals surface area contributed by atoms with Gasteiger partial charge in [0.25, 0.3) is 6.33 Å². The summed E-state index contributed by atoms with van der Waals surface area (Å²) in [5, 5.41) is 0.646. The summed E-state index contributed by atoms with van der Waals surface area (Å²) in [5.74, 6) is -0.464. The van der Waals surface area contributed by atoms with Crippen molar-refractivity contribution in [3.05, 3.63) is 83.5 Å². The molecule has 0 spiro atoms.